The first kappa shape index (κ1) is 19.4. The lowest BCUT2D eigenvalue weighted by Gasteiger charge is -2.13. The number of nitrogens with zero attached hydrogens (tertiary/aromatic N) is 2. The number of carbonyl (C=O) groups excluding carboxylic acids is 4. The predicted octanol–water partition coefficient (Wildman–Crippen LogP) is 1.46. The molecule has 140 valence electrons. The van der Waals surface area contributed by atoms with Gasteiger partial charge in [0, 0.05) is 25.7 Å². The van der Waals surface area contributed by atoms with Crippen LogP contribution in [0.4, 0.5) is 10.5 Å². The number of hydrogen-bond donors (Lipinski definition) is 1. The fraction of sp³-hybridized carbons (Fsp3) is 0.444. The minimum Gasteiger partial charge on any atom is -0.456 e. The summed E-state index contributed by atoms with van der Waals surface area (Å²) in [6.07, 6.45) is 0.320. The molecule has 4 amide bonds. The Kier molecular flexibility index (Phi) is 6.32. The summed E-state index contributed by atoms with van der Waals surface area (Å²) in [5.74, 6) is -1.25. The van der Waals surface area contributed by atoms with Crippen molar-refractivity contribution in [3.63, 3.8) is 0 Å². The van der Waals surface area contributed by atoms with Gasteiger partial charge in [0.05, 0.1) is 0 Å². The Morgan fingerprint density at radius 2 is 1.92 bits per heavy atom. The minimum atomic E-state index is -0.548. The third-order valence-corrected chi connectivity index (χ3v) is 4.15. The number of esters is 1. The smallest absolute Gasteiger partial charge is 0.326 e. The molecule has 1 fully saturated rings. The Labute approximate surface area is 152 Å². The monoisotopic (exact) mass is 361 g/mol. The molecule has 0 radical (unpaired) electrons. The third-order valence-electron chi connectivity index (χ3n) is 4.15. The van der Waals surface area contributed by atoms with Gasteiger partial charge in [-0.2, -0.15) is 0 Å². The molecule has 1 saturated heterocycles. The molecule has 1 aliphatic rings. The minimum absolute atomic E-state index is 0.0255. The zero-order valence-corrected chi connectivity index (χ0v) is 15.2. The molecule has 0 saturated carbocycles. The van der Waals surface area contributed by atoms with E-state index >= 15 is 0 Å². The summed E-state index contributed by atoms with van der Waals surface area (Å²) in [6, 6.07) is 5.16. The molecule has 8 nitrogen and oxygen atoms in total. The van der Waals surface area contributed by atoms with Gasteiger partial charge >= 0.3 is 12.0 Å². The maximum atomic E-state index is 11.8. The zero-order chi connectivity index (χ0) is 19.3. The Bertz CT molecular complexity index is 732. The molecule has 0 atom stereocenters. The normalized spacial score (nSPS) is 14.0. The van der Waals surface area contributed by atoms with Crippen LogP contribution in [0.1, 0.15) is 24.0 Å². The highest BCUT2D eigenvalue weighted by atomic mass is 16.5. The van der Waals surface area contributed by atoms with Crippen molar-refractivity contribution in [2.75, 3.05) is 32.1 Å². The van der Waals surface area contributed by atoms with Gasteiger partial charge in [0.25, 0.3) is 5.91 Å². The van der Waals surface area contributed by atoms with E-state index in [2.05, 4.69) is 5.32 Å². The second-order valence-corrected chi connectivity index (χ2v) is 6.30. The molecule has 0 aliphatic carbocycles. The number of ether oxygens (including phenoxy) is 1. The fourth-order valence-corrected chi connectivity index (χ4v) is 2.50. The molecule has 1 aromatic carbocycles. The summed E-state index contributed by atoms with van der Waals surface area (Å²) in [5, 5.41) is 2.66. The number of urea groups is 1. The van der Waals surface area contributed by atoms with Crippen molar-refractivity contribution in [2.24, 2.45) is 0 Å². The maximum absolute atomic E-state index is 11.8. The van der Waals surface area contributed by atoms with Crippen molar-refractivity contribution in [2.45, 2.75) is 26.7 Å². The van der Waals surface area contributed by atoms with Crippen LogP contribution in [0.3, 0.4) is 0 Å². The van der Waals surface area contributed by atoms with E-state index in [1.54, 1.807) is 13.1 Å². The summed E-state index contributed by atoms with van der Waals surface area (Å²) >= 11 is 0. The molecule has 8 heteroatoms. The topological polar surface area (TPSA) is 96.0 Å². The molecule has 1 N–H and O–H groups in total. The van der Waals surface area contributed by atoms with Crippen LogP contribution in [0.15, 0.2) is 18.2 Å². The van der Waals surface area contributed by atoms with Gasteiger partial charge in [0.15, 0.2) is 6.61 Å². The molecule has 1 heterocycles. The lowest BCUT2D eigenvalue weighted by molar-refractivity contribution is -0.147. The van der Waals surface area contributed by atoms with Crippen molar-refractivity contribution in [3.8, 4) is 0 Å². The molecule has 1 aromatic rings. The standard InChI is InChI=1S/C18H23N3O5/c1-12-6-7-14(9-13(12)2)19-15(22)11-26-17(24)5-4-8-21-16(23)10-20(3)18(21)25/h6-7,9H,4-5,8,10-11H2,1-3H3,(H,19,22). The Morgan fingerprint density at radius 1 is 1.19 bits per heavy atom. The van der Waals surface area contributed by atoms with E-state index in [1.165, 1.54) is 4.90 Å². The average molecular weight is 361 g/mol. The number of anilines is 1. The summed E-state index contributed by atoms with van der Waals surface area (Å²) in [7, 11) is 1.54. The number of likely N-dealkylation sites (N-methyl/N-ethyl adjacent to an activating group) is 1. The van der Waals surface area contributed by atoms with Crippen molar-refractivity contribution in [1.29, 1.82) is 0 Å². The van der Waals surface area contributed by atoms with E-state index in [9.17, 15) is 19.2 Å². The van der Waals surface area contributed by atoms with Gasteiger partial charge in [-0.15, -0.1) is 0 Å². The van der Waals surface area contributed by atoms with E-state index in [4.69, 9.17) is 4.74 Å². The molecule has 0 spiro atoms. The van der Waals surface area contributed by atoms with Crippen LogP contribution in [0.5, 0.6) is 0 Å². The van der Waals surface area contributed by atoms with E-state index in [-0.39, 0.29) is 38.1 Å². The second-order valence-electron chi connectivity index (χ2n) is 6.30. The SMILES string of the molecule is Cc1ccc(NC(=O)COC(=O)CCCN2C(=O)CN(C)C2=O)cc1C. The van der Waals surface area contributed by atoms with Gasteiger partial charge < -0.3 is 15.0 Å². The number of imide groups is 1. The summed E-state index contributed by atoms with van der Waals surface area (Å²) in [4.78, 5) is 49.2. The maximum Gasteiger partial charge on any atom is 0.326 e. The van der Waals surface area contributed by atoms with Crippen molar-refractivity contribution in [1.82, 2.24) is 9.80 Å². The first-order valence-corrected chi connectivity index (χ1v) is 8.36. The summed E-state index contributed by atoms with van der Waals surface area (Å²) < 4.78 is 4.92. The van der Waals surface area contributed by atoms with Crippen LogP contribution < -0.4 is 5.32 Å². The fourth-order valence-electron chi connectivity index (χ4n) is 2.50. The largest absolute Gasteiger partial charge is 0.456 e. The number of benzene rings is 1. The number of hydrogen-bond acceptors (Lipinski definition) is 5. The van der Waals surface area contributed by atoms with Crippen LogP contribution in [0, 0.1) is 13.8 Å². The van der Waals surface area contributed by atoms with Crippen molar-refractivity contribution >= 4 is 29.5 Å². The molecule has 0 unspecified atom stereocenters. The number of amides is 4. The first-order chi connectivity index (χ1) is 12.3. The molecule has 26 heavy (non-hydrogen) atoms. The second kappa shape index (κ2) is 8.46. The third kappa shape index (κ3) is 5.05. The van der Waals surface area contributed by atoms with Gasteiger partial charge in [-0.1, -0.05) is 6.07 Å². The van der Waals surface area contributed by atoms with Gasteiger partial charge in [0.2, 0.25) is 5.91 Å². The highest BCUT2D eigenvalue weighted by molar-refractivity contribution is 6.01. The molecule has 2 rings (SSSR count). The highest BCUT2D eigenvalue weighted by Crippen LogP contribution is 2.14. The van der Waals surface area contributed by atoms with Crippen LogP contribution in [-0.2, 0) is 19.1 Å². The van der Waals surface area contributed by atoms with Gasteiger partial charge in [0.1, 0.15) is 6.54 Å². The lowest BCUT2D eigenvalue weighted by atomic mass is 10.1. The summed E-state index contributed by atoms with van der Waals surface area (Å²) in [6.45, 7) is 3.76. The lowest BCUT2D eigenvalue weighted by Crippen LogP contribution is -2.32. The van der Waals surface area contributed by atoms with E-state index < -0.39 is 11.9 Å². The average Bonchev–Trinajstić information content (AvgIpc) is 2.82. The summed E-state index contributed by atoms with van der Waals surface area (Å²) in [5.41, 5.74) is 2.82. The van der Waals surface area contributed by atoms with E-state index in [0.717, 1.165) is 16.0 Å². The number of carbonyl (C=O) groups is 4. The molecular formula is C18H23N3O5. The highest BCUT2D eigenvalue weighted by Gasteiger charge is 2.32. The van der Waals surface area contributed by atoms with Gasteiger partial charge in [-0.25, -0.2) is 4.79 Å². The number of rotatable bonds is 7. The van der Waals surface area contributed by atoms with Crippen molar-refractivity contribution < 1.29 is 23.9 Å². The molecule has 0 aromatic heterocycles. The van der Waals surface area contributed by atoms with Gasteiger partial charge in [-0.3, -0.25) is 19.3 Å². The van der Waals surface area contributed by atoms with Gasteiger partial charge in [-0.05, 0) is 43.5 Å². The Morgan fingerprint density at radius 3 is 2.54 bits per heavy atom. The van der Waals surface area contributed by atoms with Crippen LogP contribution in [-0.4, -0.2) is 60.4 Å². The number of aryl methyl sites for hydroxylation is 2. The molecule has 0 bridgehead atoms. The van der Waals surface area contributed by atoms with Crippen LogP contribution in [0.2, 0.25) is 0 Å². The number of nitrogens with one attached hydrogen (secondary N) is 1. The van der Waals surface area contributed by atoms with Crippen LogP contribution >= 0.6 is 0 Å². The molecule has 1 aliphatic heterocycles. The molecular weight excluding hydrogens is 338 g/mol. The quantitative estimate of drug-likeness (QED) is 0.586. The van der Waals surface area contributed by atoms with E-state index in [0.29, 0.717) is 12.1 Å². The van der Waals surface area contributed by atoms with Crippen LogP contribution in [0.25, 0.3) is 0 Å². The Hall–Kier alpha value is -2.90. The zero-order valence-electron chi connectivity index (χ0n) is 15.2. The van der Waals surface area contributed by atoms with Crippen molar-refractivity contribution in [3.05, 3.63) is 29.3 Å². The van der Waals surface area contributed by atoms with E-state index in [1.807, 2.05) is 26.0 Å². The predicted molar refractivity (Wildman–Crippen MR) is 94.5 cm³/mol. The first-order valence-electron chi connectivity index (χ1n) is 8.36. The Balaban J connectivity index is 1.68.